The lowest BCUT2D eigenvalue weighted by Crippen LogP contribution is -2.13. The molecule has 4 rings (SSSR count). The monoisotopic (exact) mass is 431 g/mol. The average molecular weight is 431 g/mol. The molecule has 2 aromatic heterocycles. The van der Waals surface area contributed by atoms with Gasteiger partial charge in [0, 0.05) is 5.56 Å². The maximum Gasteiger partial charge on any atom is 0.344 e. The predicted octanol–water partition coefficient (Wildman–Crippen LogP) is 4.26. The summed E-state index contributed by atoms with van der Waals surface area (Å²) in [4.78, 5) is 22.3. The van der Waals surface area contributed by atoms with E-state index in [4.69, 9.17) is 15.2 Å². The van der Waals surface area contributed by atoms with E-state index in [1.165, 1.54) is 4.68 Å². The first-order valence-corrected chi connectivity index (χ1v) is 10.4. The topological polar surface area (TPSA) is 105 Å². The third kappa shape index (κ3) is 3.99. The van der Waals surface area contributed by atoms with Crippen molar-refractivity contribution in [1.82, 2.24) is 14.6 Å². The maximum absolute atomic E-state index is 13.0. The molecule has 4 aromatic rings. The van der Waals surface area contributed by atoms with Crippen LogP contribution in [0.2, 0.25) is 0 Å². The van der Waals surface area contributed by atoms with Crippen LogP contribution in [0, 0.1) is 5.92 Å². The van der Waals surface area contributed by atoms with Crippen LogP contribution in [-0.4, -0.2) is 40.5 Å². The van der Waals surface area contributed by atoms with Gasteiger partial charge in [0.05, 0.1) is 31.0 Å². The second kappa shape index (κ2) is 9.05. The van der Waals surface area contributed by atoms with Crippen molar-refractivity contribution in [3.8, 4) is 5.75 Å². The van der Waals surface area contributed by atoms with Gasteiger partial charge in [-0.3, -0.25) is 0 Å². The number of nitrogens with two attached hydrogens (primary N) is 1. The van der Waals surface area contributed by atoms with Gasteiger partial charge in [0.15, 0.2) is 5.65 Å². The number of nitrogen functional groups attached to an aromatic ring is 1. The van der Waals surface area contributed by atoms with Crippen molar-refractivity contribution in [2.75, 3.05) is 19.5 Å². The van der Waals surface area contributed by atoms with Crippen molar-refractivity contribution in [3.05, 3.63) is 59.7 Å². The van der Waals surface area contributed by atoms with E-state index < -0.39 is 5.97 Å². The molecular formula is C24H25N5O3. The second-order valence-corrected chi connectivity index (χ2v) is 7.55. The molecule has 2 N–H and O–H groups in total. The van der Waals surface area contributed by atoms with Crippen molar-refractivity contribution < 1.29 is 14.3 Å². The number of aromatic nitrogens is 3. The molecule has 2 heterocycles. The maximum atomic E-state index is 13.0. The number of carbonyl (C=O) groups excluding carboxylic acids is 1. The number of carbonyl (C=O) groups is 1. The normalized spacial score (nSPS) is 12.5. The lowest BCUT2D eigenvalue weighted by Gasteiger charge is -2.09. The van der Waals surface area contributed by atoms with E-state index in [-0.39, 0.29) is 17.3 Å². The Morgan fingerprint density at radius 1 is 1.16 bits per heavy atom. The van der Waals surface area contributed by atoms with Gasteiger partial charge in [0.1, 0.15) is 22.6 Å². The van der Waals surface area contributed by atoms with E-state index in [1.807, 2.05) is 62.4 Å². The van der Waals surface area contributed by atoms with E-state index in [0.717, 1.165) is 12.0 Å². The van der Waals surface area contributed by atoms with Crippen molar-refractivity contribution in [2.45, 2.75) is 20.3 Å². The van der Waals surface area contributed by atoms with Gasteiger partial charge in [-0.15, -0.1) is 0 Å². The van der Waals surface area contributed by atoms with Gasteiger partial charge < -0.3 is 15.2 Å². The zero-order valence-corrected chi connectivity index (χ0v) is 18.3. The highest BCUT2D eigenvalue weighted by atomic mass is 16.5. The summed E-state index contributed by atoms with van der Waals surface area (Å²) in [6, 6.07) is 14.9. The van der Waals surface area contributed by atoms with Gasteiger partial charge in [-0.25, -0.2) is 14.8 Å². The highest BCUT2D eigenvalue weighted by Crippen LogP contribution is 2.29. The molecule has 2 aromatic carbocycles. The summed E-state index contributed by atoms with van der Waals surface area (Å²) in [5.74, 6) is 0.485. The van der Waals surface area contributed by atoms with E-state index in [0.29, 0.717) is 34.6 Å². The fourth-order valence-electron chi connectivity index (χ4n) is 3.27. The third-order valence-corrected chi connectivity index (χ3v) is 5.33. The zero-order chi connectivity index (χ0) is 22.7. The molecule has 0 saturated carbocycles. The quantitative estimate of drug-likeness (QED) is 0.346. The van der Waals surface area contributed by atoms with E-state index in [9.17, 15) is 4.79 Å². The number of benzene rings is 2. The molecule has 32 heavy (non-hydrogen) atoms. The standard InChI is InChI=1S/C24H25N5O3/c1-4-15(2)14-32-24(30)20-21-23(28-18-11-7-6-10-17(18)27-21)29(22(20)25)26-13-16-9-5-8-12-19(16)31-3/h5-13,15H,4,14,25H2,1-3H3. The molecule has 0 fully saturated rings. The molecule has 0 aliphatic carbocycles. The van der Waals surface area contributed by atoms with Gasteiger partial charge in [-0.2, -0.15) is 9.78 Å². The van der Waals surface area contributed by atoms with Crippen LogP contribution in [0.5, 0.6) is 5.75 Å². The Kier molecular flexibility index (Phi) is 6.02. The summed E-state index contributed by atoms with van der Waals surface area (Å²) in [7, 11) is 1.59. The molecule has 0 spiro atoms. The molecule has 8 heteroatoms. The number of esters is 1. The minimum absolute atomic E-state index is 0.121. The highest BCUT2D eigenvalue weighted by Gasteiger charge is 2.25. The number of fused-ring (bicyclic) bond motifs is 2. The van der Waals surface area contributed by atoms with Gasteiger partial charge in [0.2, 0.25) is 0 Å². The summed E-state index contributed by atoms with van der Waals surface area (Å²) >= 11 is 0. The fourth-order valence-corrected chi connectivity index (χ4v) is 3.27. The fraction of sp³-hybridized carbons (Fsp3) is 0.250. The van der Waals surface area contributed by atoms with Crippen LogP contribution >= 0.6 is 0 Å². The zero-order valence-electron chi connectivity index (χ0n) is 18.3. The van der Waals surface area contributed by atoms with Crippen molar-refractivity contribution in [3.63, 3.8) is 0 Å². The number of para-hydroxylation sites is 3. The summed E-state index contributed by atoms with van der Waals surface area (Å²) in [5, 5.41) is 4.51. The average Bonchev–Trinajstić information content (AvgIpc) is 3.09. The predicted molar refractivity (Wildman–Crippen MR) is 125 cm³/mol. The molecule has 0 bridgehead atoms. The Morgan fingerprint density at radius 3 is 2.56 bits per heavy atom. The lowest BCUT2D eigenvalue weighted by molar-refractivity contribution is 0.0450. The van der Waals surface area contributed by atoms with E-state index in [2.05, 4.69) is 15.1 Å². The Morgan fingerprint density at radius 2 is 1.84 bits per heavy atom. The van der Waals surface area contributed by atoms with E-state index >= 15 is 0 Å². The number of hydrogen-bond donors (Lipinski definition) is 1. The lowest BCUT2D eigenvalue weighted by atomic mass is 10.1. The first-order valence-electron chi connectivity index (χ1n) is 10.4. The number of hydrogen-bond acceptors (Lipinski definition) is 7. The van der Waals surface area contributed by atoms with Gasteiger partial charge in [-0.05, 0) is 30.2 Å². The van der Waals surface area contributed by atoms with Crippen LogP contribution < -0.4 is 10.5 Å². The number of rotatable bonds is 7. The van der Waals surface area contributed by atoms with Crippen LogP contribution in [0.15, 0.2) is 53.6 Å². The number of nitrogens with zero attached hydrogens (tertiary/aromatic N) is 4. The van der Waals surface area contributed by atoms with Crippen molar-refractivity contribution in [1.29, 1.82) is 0 Å². The first kappa shape index (κ1) is 21.3. The first-order chi connectivity index (χ1) is 15.5. The molecule has 164 valence electrons. The van der Waals surface area contributed by atoms with Crippen LogP contribution in [0.4, 0.5) is 5.82 Å². The Balaban J connectivity index is 1.86. The summed E-state index contributed by atoms with van der Waals surface area (Å²) < 4.78 is 12.3. The number of ether oxygens (including phenoxy) is 2. The van der Waals surface area contributed by atoms with Crippen LogP contribution in [0.25, 0.3) is 22.2 Å². The Bertz CT molecular complexity index is 1310. The molecule has 1 unspecified atom stereocenters. The highest BCUT2D eigenvalue weighted by molar-refractivity contribution is 6.08. The second-order valence-electron chi connectivity index (χ2n) is 7.55. The number of methoxy groups -OCH3 is 1. The summed E-state index contributed by atoms with van der Waals surface area (Å²) in [6.07, 6.45) is 2.51. The number of anilines is 1. The van der Waals surface area contributed by atoms with Crippen LogP contribution in [-0.2, 0) is 4.74 Å². The molecule has 0 aliphatic rings. The van der Waals surface area contributed by atoms with Gasteiger partial charge in [-0.1, -0.05) is 44.5 Å². The van der Waals surface area contributed by atoms with Crippen molar-refractivity contribution >= 4 is 40.2 Å². The Hall–Kier alpha value is -3.94. The molecule has 8 nitrogen and oxygen atoms in total. The molecule has 1 atom stereocenters. The van der Waals surface area contributed by atoms with E-state index in [1.54, 1.807) is 13.3 Å². The largest absolute Gasteiger partial charge is 0.496 e. The molecule has 0 saturated heterocycles. The molecule has 0 radical (unpaired) electrons. The minimum Gasteiger partial charge on any atom is -0.496 e. The summed E-state index contributed by atoms with van der Waals surface area (Å²) in [6.45, 7) is 4.36. The van der Waals surface area contributed by atoms with Gasteiger partial charge >= 0.3 is 5.97 Å². The molecule has 0 aliphatic heterocycles. The minimum atomic E-state index is -0.538. The Labute approximate surface area is 185 Å². The third-order valence-electron chi connectivity index (χ3n) is 5.33. The van der Waals surface area contributed by atoms with Gasteiger partial charge in [0.25, 0.3) is 0 Å². The van der Waals surface area contributed by atoms with Crippen molar-refractivity contribution in [2.24, 2.45) is 11.0 Å². The van der Waals surface area contributed by atoms with Crippen LogP contribution in [0.1, 0.15) is 36.2 Å². The SMILES string of the molecule is CCC(C)COC(=O)c1c(N)n(N=Cc2ccccc2OC)c2nc3ccccc3nc12. The summed E-state index contributed by atoms with van der Waals surface area (Å²) in [5.41, 5.74) is 9.37. The molecular weight excluding hydrogens is 406 g/mol. The van der Waals surface area contributed by atoms with Crippen LogP contribution in [0.3, 0.4) is 0 Å². The smallest absolute Gasteiger partial charge is 0.344 e. The molecule has 0 amide bonds.